The zero-order valence-corrected chi connectivity index (χ0v) is 15.4. The van der Waals surface area contributed by atoms with Gasteiger partial charge in [0.25, 0.3) is 0 Å². The molecular weight excluding hydrogens is 341 g/mol. The number of nitrogens with zero attached hydrogens (tertiary/aromatic N) is 1. The molecule has 1 aliphatic rings. The average Bonchev–Trinajstić information content (AvgIpc) is 2.57. The van der Waals surface area contributed by atoms with Crippen molar-refractivity contribution < 1.29 is 17.5 Å². The van der Waals surface area contributed by atoms with E-state index in [1.54, 1.807) is 6.92 Å². The van der Waals surface area contributed by atoms with Gasteiger partial charge in [0.05, 0.1) is 23.1 Å². The predicted octanol–water partition coefficient (Wildman–Crippen LogP) is 3.67. The molecule has 0 bridgehead atoms. The fourth-order valence-electron chi connectivity index (χ4n) is 3.02. The average molecular weight is 363 g/mol. The Balaban J connectivity index is 1.97. The molecule has 1 fully saturated rings. The van der Waals surface area contributed by atoms with Crippen molar-refractivity contribution in [2.45, 2.75) is 37.3 Å². The summed E-state index contributed by atoms with van der Waals surface area (Å²) >= 11 is 0. The molecule has 1 heterocycles. The molecule has 0 aromatic heterocycles. The van der Waals surface area contributed by atoms with Gasteiger partial charge in [-0.1, -0.05) is 30.3 Å². The van der Waals surface area contributed by atoms with Crippen LogP contribution in [0.15, 0.2) is 53.4 Å². The third kappa shape index (κ3) is 3.47. The molecule has 1 unspecified atom stereocenters. The minimum Gasteiger partial charge on any atom is -0.370 e. The first kappa shape index (κ1) is 18.0. The van der Waals surface area contributed by atoms with Crippen molar-refractivity contribution in [3.63, 3.8) is 0 Å². The second-order valence-corrected chi connectivity index (χ2v) is 8.83. The molecule has 2 aromatic carbocycles. The van der Waals surface area contributed by atoms with E-state index in [2.05, 4.69) is 0 Å². The van der Waals surface area contributed by atoms with Crippen molar-refractivity contribution in [2.24, 2.45) is 0 Å². The highest BCUT2D eigenvalue weighted by molar-refractivity contribution is 7.89. The molecule has 0 N–H and O–H groups in total. The molecule has 1 aliphatic heterocycles. The number of rotatable bonds is 3. The monoisotopic (exact) mass is 363 g/mol. The Morgan fingerprint density at radius 2 is 1.84 bits per heavy atom. The van der Waals surface area contributed by atoms with Gasteiger partial charge in [-0.25, -0.2) is 12.8 Å². The zero-order chi connectivity index (χ0) is 18.2. The summed E-state index contributed by atoms with van der Waals surface area (Å²) in [5.41, 5.74) is 0.562. The van der Waals surface area contributed by atoms with Gasteiger partial charge in [-0.05, 0) is 50.1 Å². The lowest BCUT2D eigenvalue weighted by Crippen LogP contribution is -2.56. The SMILES string of the molecule is Cc1cc(S(=O)(=O)N2CC(c3ccccc3)OCC2(C)C)ccc1F. The number of morpholine rings is 1. The van der Waals surface area contributed by atoms with Gasteiger partial charge in [-0.2, -0.15) is 4.31 Å². The van der Waals surface area contributed by atoms with Crippen LogP contribution in [0.4, 0.5) is 4.39 Å². The topological polar surface area (TPSA) is 46.6 Å². The maximum absolute atomic E-state index is 13.5. The standard InChI is InChI=1S/C19H22FNO3S/c1-14-11-16(9-10-17(14)20)25(22,23)21-12-18(24-13-19(21,2)3)15-7-5-4-6-8-15/h4-11,18H,12-13H2,1-3H3. The molecule has 0 saturated carbocycles. The summed E-state index contributed by atoms with van der Waals surface area (Å²) in [6.07, 6.45) is -0.328. The minimum absolute atomic E-state index is 0.105. The number of hydrogen-bond donors (Lipinski definition) is 0. The van der Waals surface area contributed by atoms with E-state index in [1.165, 1.54) is 22.5 Å². The third-order valence-corrected chi connectivity index (χ3v) is 6.61. The molecule has 4 nitrogen and oxygen atoms in total. The lowest BCUT2D eigenvalue weighted by atomic mass is 10.0. The molecule has 0 aliphatic carbocycles. The Labute approximate surface area is 148 Å². The second-order valence-electron chi connectivity index (χ2n) is 6.97. The first-order valence-corrected chi connectivity index (χ1v) is 9.61. The minimum atomic E-state index is -3.76. The maximum atomic E-state index is 13.5. The van der Waals surface area contributed by atoms with E-state index < -0.39 is 21.4 Å². The van der Waals surface area contributed by atoms with Gasteiger partial charge in [0, 0.05) is 6.54 Å². The van der Waals surface area contributed by atoms with Gasteiger partial charge >= 0.3 is 0 Å². The fourth-order valence-corrected chi connectivity index (χ4v) is 4.88. The summed E-state index contributed by atoms with van der Waals surface area (Å²) in [4.78, 5) is 0.105. The van der Waals surface area contributed by atoms with E-state index in [9.17, 15) is 12.8 Å². The molecule has 3 rings (SSSR count). The van der Waals surface area contributed by atoms with Crippen molar-refractivity contribution in [3.05, 3.63) is 65.5 Å². The van der Waals surface area contributed by atoms with E-state index >= 15 is 0 Å². The van der Waals surface area contributed by atoms with E-state index in [-0.39, 0.29) is 24.2 Å². The van der Waals surface area contributed by atoms with E-state index in [0.29, 0.717) is 5.56 Å². The van der Waals surface area contributed by atoms with Crippen LogP contribution >= 0.6 is 0 Å². The Bertz CT molecular complexity index is 865. The van der Waals surface area contributed by atoms with Gasteiger partial charge in [-0.3, -0.25) is 0 Å². The molecule has 0 radical (unpaired) electrons. The molecule has 1 atom stereocenters. The number of ether oxygens (including phenoxy) is 1. The molecule has 0 amide bonds. The second kappa shape index (κ2) is 6.52. The summed E-state index contributed by atoms with van der Waals surface area (Å²) in [5, 5.41) is 0. The van der Waals surface area contributed by atoms with Crippen LogP contribution in [0.1, 0.15) is 31.1 Å². The van der Waals surface area contributed by atoms with Crippen molar-refractivity contribution in [1.82, 2.24) is 4.31 Å². The fraction of sp³-hybridized carbons (Fsp3) is 0.368. The summed E-state index contributed by atoms with van der Waals surface area (Å²) in [7, 11) is -3.76. The van der Waals surface area contributed by atoms with Crippen molar-refractivity contribution >= 4 is 10.0 Å². The summed E-state index contributed by atoms with van der Waals surface area (Å²) in [5.74, 6) is -0.414. The van der Waals surface area contributed by atoms with Gasteiger partial charge in [0.15, 0.2) is 0 Å². The number of halogens is 1. The van der Waals surface area contributed by atoms with E-state index in [0.717, 1.165) is 5.56 Å². The number of aryl methyl sites for hydroxylation is 1. The molecule has 0 spiro atoms. The lowest BCUT2D eigenvalue weighted by Gasteiger charge is -2.44. The highest BCUT2D eigenvalue weighted by atomic mass is 32.2. The highest BCUT2D eigenvalue weighted by Gasteiger charge is 2.43. The van der Waals surface area contributed by atoms with E-state index in [1.807, 2.05) is 44.2 Å². The first-order chi connectivity index (χ1) is 11.7. The number of hydrogen-bond acceptors (Lipinski definition) is 3. The number of benzene rings is 2. The predicted molar refractivity (Wildman–Crippen MR) is 94.2 cm³/mol. The molecule has 134 valence electrons. The quantitative estimate of drug-likeness (QED) is 0.836. The van der Waals surface area contributed by atoms with Crippen LogP contribution in [0, 0.1) is 12.7 Å². The van der Waals surface area contributed by atoms with Crippen molar-refractivity contribution in [2.75, 3.05) is 13.2 Å². The molecule has 6 heteroatoms. The van der Waals surface area contributed by atoms with Crippen LogP contribution < -0.4 is 0 Å². The van der Waals surface area contributed by atoms with Crippen LogP contribution in [0.2, 0.25) is 0 Å². The molecule has 25 heavy (non-hydrogen) atoms. The normalized spacial score (nSPS) is 21.2. The largest absolute Gasteiger partial charge is 0.370 e. The Kier molecular flexibility index (Phi) is 4.70. The lowest BCUT2D eigenvalue weighted by molar-refractivity contribution is -0.0655. The van der Waals surface area contributed by atoms with Crippen molar-refractivity contribution in [3.8, 4) is 0 Å². The van der Waals surface area contributed by atoms with Crippen LogP contribution in [0.5, 0.6) is 0 Å². The summed E-state index contributed by atoms with van der Waals surface area (Å²) in [6.45, 7) is 5.73. The van der Waals surface area contributed by atoms with Gasteiger partial charge < -0.3 is 4.74 Å². The van der Waals surface area contributed by atoms with Gasteiger partial charge in [-0.15, -0.1) is 0 Å². The summed E-state index contributed by atoms with van der Waals surface area (Å²) < 4.78 is 47.3. The third-order valence-electron chi connectivity index (χ3n) is 4.53. The van der Waals surface area contributed by atoms with Crippen LogP contribution in [-0.2, 0) is 14.8 Å². The van der Waals surface area contributed by atoms with Crippen LogP contribution in [0.3, 0.4) is 0 Å². The molecule has 2 aromatic rings. The summed E-state index contributed by atoms with van der Waals surface area (Å²) in [6, 6.07) is 13.5. The van der Waals surface area contributed by atoms with Crippen molar-refractivity contribution in [1.29, 1.82) is 0 Å². The van der Waals surface area contributed by atoms with Crippen LogP contribution in [-0.4, -0.2) is 31.4 Å². The highest BCUT2D eigenvalue weighted by Crippen LogP contribution is 2.34. The van der Waals surface area contributed by atoms with Crippen LogP contribution in [0.25, 0.3) is 0 Å². The Morgan fingerprint density at radius 3 is 2.48 bits per heavy atom. The van der Waals surface area contributed by atoms with E-state index in [4.69, 9.17) is 4.74 Å². The van der Waals surface area contributed by atoms with Gasteiger partial charge in [0.1, 0.15) is 5.82 Å². The Morgan fingerprint density at radius 1 is 1.16 bits per heavy atom. The first-order valence-electron chi connectivity index (χ1n) is 8.17. The molecule has 1 saturated heterocycles. The smallest absolute Gasteiger partial charge is 0.243 e. The zero-order valence-electron chi connectivity index (χ0n) is 14.6. The van der Waals surface area contributed by atoms with Gasteiger partial charge in [0.2, 0.25) is 10.0 Å². The maximum Gasteiger partial charge on any atom is 0.243 e. The number of sulfonamides is 1. The molecular formula is C19H22FNO3S. The Hall–Kier alpha value is -1.76.